The third-order valence-corrected chi connectivity index (χ3v) is 5.99. The Hall–Kier alpha value is -2.93. The minimum Gasteiger partial charge on any atom is -0.497 e. The van der Waals surface area contributed by atoms with Gasteiger partial charge in [-0.15, -0.1) is 11.8 Å². The third-order valence-electron chi connectivity index (χ3n) is 5.27. The maximum absolute atomic E-state index is 13.3. The first-order chi connectivity index (χ1) is 14.0. The van der Waals surface area contributed by atoms with E-state index in [0.717, 1.165) is 27.9 Å². The molecule has 4 rings (SSSR count). The molecule has 150 valence electrons. The first-order valence-electron chi connectivity index (χ1n) is 9.45. The van der Waals surface area contributed by atoms with Gasteiger partial charge in [-0.2, -0.15) is 0 Å². The minimum atomic E-state index is -0.240. The highest BCUT2D eigenvalue weighted by atomic mass is 32.2. The molecule has 0 radical (unpaired) electrons. The predicted molar refractivity (Wildman–Crippen MR) is 117 cm³/mol. The third kappa shape index (κ3) is 3.46. The first-order valence-corrected chi connectivity index (χ1v) is 10.7. The highest BCUT2D eigenvalue weighted by Gasteiger charge is 2.31. The summed E-state index contributed by atoms with van der Waals surface area (Å²) >= 11 is 1.62. The number of methoxy groups -OCH3 is 1. The molecule has 3 aromatic rings. The summed E-state index contributed by atoms with van der Waals surface area (Å²) in [6, 6.07) is 13.4. The van der Waals surface area contributed by atoms with E-state index in [1.54, 1.807) is 23.8 Å². The molecule has 1 N–H and O–H groups in total. The zero-order chi connectivity index (χ0) is 20.5. The lowest BCUT2D eigenvalue weighted by molar-refractivity contribution is -0.117. The molecular formula is C22H23N3O3S. The Bertz CT molecular complexity index is 1110. The van der Waals surface area contributed by atoms with Crippen molar-refractivity contribution < 1.29 is 14.3 Å². The van der Waals surface area contributed by atoms with Gasteiger partial charge in [-0.25, -0.2) is 0 Å². The van der Waals surface area contributed by atoms with E-state index in [0.29, 0.717) is 30.1 Å². The summed E-state index contributed by atoms with van der Waals surface area (Å²) in [5.41, 5.74) is 2.73. The van der Waals surface area contributed by atoms with E-state index in [1.165, 1.54) is 0 Å². The monoisotopic (exact) mass is 409 g/mol. The van der Waals surface area contributed by atoms with Crippen LogP contribution in [0, 0.1) is 0 Å². The molecule has 7 heteroatoms. The number of carbonyl (C=O) groups is 2. The fourth-order valence-corrected chi connectivity index (χ4v) is 4.30. The number of fused-ring (bicyclic) bond motifs is 1. The zero-order valence-corrected chi connectivity index (χ0v) is 17.5. The molecule has 0 atom stereocenters. The Kier molecular flexibility index (Phi) is 5.24. The standard InChI is InChI=1S/C22H23N3O3S/c1-24-18-10-9-15(28-2)13-17(18)20(25-11-5-8-19(25)26)21(24)22(27)23-14-6-4-7-16(12-14)29-3/h4,6-7,9-10,12-13H,5,8,11H2,1-3H3,(H,23,27). The van der Waals surface area contributed by atoms with Crippen LogP contribution in [0.25, 0.3) is 10.9 Å². The lowest BCUT2D eigenvalue weighted by Crippen LogP contribution is -2.27. The fourth-order valence-electron chi connectivity index (χ4n) is 3.84. The van der Waals surface area contributed by atoms with Gasteiger partial charge < -0.3 is 19.5 Å². The number of hydrogen-bond donors (Lipinski definition) is 1. The summed E-state index contributed by atoms with van der Waals surface area (Å²) in [5, 5.41) is 3.84. The average Bonchev–Trinajstić information content (AvgIpc) is 3.28. The molecule has 1 aliphatic rings. The van der Waals surface area contributed by atoms with Crippen LogP contribution in [-0.4, -0.2) is 36.3 Å². The van der Waals surface area contributed by atoms with Crippen molar-refractivity contribution in [2.45, 2.75) is 17.7 Å². The topological polar surface area (TPSA) is 63.6 Å². The van der Waals surface area contributed by atoms with Crippen molar-refractivity contribution in [2.24, 2.45) is 7.05 Å². The van der Waals surface area contributed by atoms with Gasteiger partial charge in [0.05, 0.1) is 18.3 Å². The number of benzene rings is 2. The van der Waals surface area contributed by atoms with Gasteiger partial charge in [-0.3, -0.25) is 9.59 Å². The molecule has 0 aliphatic carbocycles. The number of rotatable bonds is 5. The van der Waals surface area contributed by atoms with E-state index in [-0.39, 0.29) is 11.8 Å². The second-order valence-electron chi connectivity index (χ2n) is 6.97. The number of nitrogens with zero attached hydrogens (tertiary/aromatic N) is 2. The Labute approximate surface area is 173 Å². The molecule has 2 aromatic carbocycles. The van der Waals surface area contributed by atoms with Crippen LogP contribution in [0.2, 0.25) is 0 Å². The number of anilines is 2. The molecule has 0 spiro atoms. The van der Waals surface area contributed by atoms with Gasteiger partial charge in [0, 0.05) is 36.0 Å². The Balaban J connectivity index is 1.84. The molecule has 1 saturated heterocycles. The number of carbonyl (C=O) groups excluding carboxylic acids is 2. The molecule has 1 aliphatic heterocycles. The van der Waals surface area contributed by atoms with Crippen LogP contribution in [0.3, 0.4) is 0 Å². The van der Waals surface area contributed by atoms with Crippen LogP contribution in [0.4, 0.5) is 11.4 Å². The number of aryl methyl sites for hydroxylation is 1. The van der Waals surface area contributed by atoms with Gasteiger partial charge in [0.1, 0.15) is 11.4 Å². The summed E-state index contributed by atoms with van der Waals surface area (Å²) in [5.74, 6) is 0.491. The van der Waals surface area contributed by atoms with Gasteiger partial charge in [0.2, 0.25) is 5.91 Å². The van der Waals surface area contributed by atoms with E-state index in [9.17, 15) is 9.59 Å². The van der Waals surface area contributed by atoms with Crippen molar-refractivity contribution >= 4 is 45.9 Å². The van der Waals surface area contributed by atoms with Crippen molar-refractivity contribution in [1.29, 1.82) is 0 Å². The van der Waals surface area contributed by atoms with E-state index in [2.05, 4.69) is 5.32 Å². The molecule has 6 nitrogen and oxygen atoms in total. The Morgan fingerprint density at radius 2 is 2.03 bits per heavy atom. The molecule has 0 unspecified atom stereocenters. The highest BCUT2D eigenvalue weighted by Crippen LogP contribution is 2.38. The lowest BCUT2D eigenvalue weighted by Gasteiger charge is -2.18. The number of amides is 2. The molecule has 1 fully saturated rings. The van der Waals surface area contributed by atoms with Crippen LogP contribution in [0.15, 0.2) is 47.4 Å². The SMILES string of the molecule is COc1ccc2c(c1)c(N1CCCC1=O)c(C(=O)Nc1cccc(SC)c1)n2C. The first kappa shape index (κ1) is 19.4. The van der Waals surface area contributed by atoms with E-state index >= 15 is 0 Å². The number of nitrogens with one attached hydrogen (secondary N) is 1. The van der Waals surface area contributed by atoms with Crippen LogP contribution in [-0.2, 0) is 11.8 Å². The maximum Gasteiger partial charge on any atom is 0.274 e. The number of hydrogen-bond acceptors (Lipinski definition) is 4. The number of ether oxygens (including phenoxy) is 1. The van der Waals surface area contributed by atoms with Gasteiger partial charge in [0.15, 0.2) is 0 Å². The lowest BCUT2D eigenvalue weighted by atomic mass is 10.2. The van der Waals surface area contributed by atoms with E-state index < -0.39 is 0 Å². The fraction of sp³-hybridized carbons (Fsp3) is 0.273. The second-order valence-corrected chi connectivity index (χ2v) is 7.85. The van der Waals surface area contributed by atoms with Gasteiger partial charge in [-0.1, -0.05) is 6.07 Å². The largest absolute Gasteiger partial charge is 0.497 e. The normalized spacial score (nSPS) is 13.9. The van der Waals surface area contributed by atoms with Gasteiger partial charge in [0.25, 0.3) is 5.91 Å². The predicted octanol–water partition coefficient (Wildman–Crippen LogP) is 4.29. The summed E-state index contributed by atoms with van der Waals surface area (Å²) in [4.78, 5) is 28.7. The van der Waals surface area contributed by atoms with Gasteiger partial charge >= 0.3 is 0 Å². The van der Waals surface area contributed by atoms with Crippen LogP contribution >= 0.6 is 11.8 Å². The molecule has 2 amide bonds. The van der Waals surface area contributed by atoms with Crippen LogP contribution < -0.4 is 15.0 Å². The Morgan fingerprint density at radius 3 is 2.72 bits per heavy atom. The second kappa shape index (κ2) is 7.83. The molecular weight excluding hydrogens is 386 g/mol. The summed E-state index contributed by atoms with van der Waals surface area (Å²) in [6.07, 6.45) is 3.28. The zero-order valence-electron chi connectivity index (χ0n) is 16.7. The summed E-state index contributed by atoms with van der Waals surface area (Å²) < 4.78 is 7.23. The van der Waals surface area contributed by atoms with Crippen molar-refractivity contribution in [3.8, 4) is 5.75 Å². The van der Waals surface area contributed by atoms with E-state index in [1.807, 2.05) is 60.3 Å². The van der Waals surface area contributed by atoms with Gasteiger partial charge in [-0.05, 0) is 49.1 Å². The maximum atomic E-state index is 13.3. The molecule has 2 heterocycles. The Morgan fingerprint density at radius 1 is 1.21 bits per heavy atom. The highest BCUT2D eigenvalue weighted by molar-refractivity contribution is 7.98. The van der Waals surface area contributed by atoms with E-state index in [4.69, 9.17) is 4.74 Å². The molecule has 1 aromatic heterocycles. The average molecular weight is 410 g/mol. The molecule has 0 bridgehead atoms. The number of thioether (sulfide) groups is 1. The molecule has 29 heavy (non-hydrogen) atoms. The summed E-state index contributed by atoms with van der Waals surface area (Å²) in [6.45, 7) is 0.609. The minimum absolute atomic E-state index is 0.0405. The molecule has 0 saturated carbocycles. The van der Waals surface area contributed by atoms with Crippen molar-refractivity contribution in [3.05, 3.63) is 48.2 Å². The summed E-state index contributed by atoms with van der Waals surface area (Å²) in [7, 11) is 3.46. The van der Waals surface area contributed by atoms with Crippen molar-refractivity contribution in [1.82, 2.24) is 4.57 Å². The number of aromatic nitrogens is 1. The van der Waals surface area contributed by atoms with Crippen molar-refractivity contribution in [2.75, 3.05) is 30.1 Å². The van der Waals surface area contributed by atoms with Crippen molar-refractivity contribution in [3.63, 3.8) is 0 Å². The van der Waals surface area contributed by atoms with Crippen LogP contribution in [0.1, 0.15) is 23.3 Å². The van der Waals surface area contributed by atoms with Crippen LogP contribution in [0.5, 0.6) is 5.75 Å². The quantitative estimate of drug-likeness (QED) is 0.639. The smallest absolute Gasteiger partial charge is 0.274 e.